The minimum atomic E-state index is -4.66. The molecule has 0 atom stereocenters. The molecule has 17 heteroatoms. The van der Waals surface area contributed by atoms with Crippen molar-refractivity contribution in [1.82, 2.24) is 13.6 Å². The Labute approximate surface area is 245 Å². The van der Waals surface area contributed by atoms with Crippen molar-refractivity contribution in [2.24, 2.45) is 11.7 Å². The monoisotopic (exact) mass is 638 g/mol. The number of methoxy groups -OCH3 is 1. The lowest BCUT2D eigenvalue weighted by Crippen LogP contribution is -2.50. The van der Waals surface area contributed by atoms with Crippen LogP contribution in [0.25, 0.3) is 0 Å². The SMILES string of the molecule is COCCOc1ccc(CCCN(C(=O)O)S(=O)(=O)N2CCC(C(N)=O)CC2)c(Oc2ncc(C(F)(F)F)cc2Cl)c1. The van der Waals surface area contributed by atoms with E-state index in [1.165, 1.54) is 13.2 Å². The van der Waals surface area contributed by atoms with E-state index in [1.807, 2.05) is 0 Å². The Hall–Kier alpha value is -3.34. The fraction of sp³-hybridized carbons (Fsp3) is 0.480. The van der Waals surface area contributed by atoms with Gasteiger partial charge in [0.25, 0.3) is 0 Å². The number of hydrogen-bond donors (Lipinski definition) is 2. The van der Waals surface area contributed by atoms with E-state index >= 15 is 0 Å². The lowest BCUT2D eigenvalue weighted by Gasteiger charge is -2.33. The second-order valence-corrected chi connectivity index (χ2v) is 11.5. The molecule has 0 unspecified atom stereocenters. The van der Waals surface area contributed by atoms with Crippen LogP contribution in [0.2, 0.25) is 5.02 Å². The van der Waals surface area contributed by atoms with Crippen LogP contribution in [-0.2, 0) is 32.3 Å². The van der Waals surface area contributed by atoms with Gasteiger partial charge in [0.2, 0.25) is 11.8 Å². The Morgan fingerprint density at radius 1 is 1.21 bits per heavy atom. The summed E-state index contributed by atoms with van der Waals surface area (Å²) in [6.07, 6.45) is -5.27. The highest BCUT2D eigenvalue weighted by Gasteiger charge is 2.37. The molecule has 1 aliphatic heterocycles. The molecule has 232 valence electrons. The molecule has 3 N–H and O–H groups in total. The fourth-order valence-corrected chi connectivity index (χ4v) is 5.88. The smallest absolute Gasteiger partial charge is 0.422 e. The third kappa shape index (κ3) is 8.59. The van der Waals surface area contributed by atoms with E-state index in [1.54, 1.807) is 12.1 Å². The van der Waals surface area contributed by atoms with Gasteiger partial charge in [-0.1, -0.05) is 17.7 Å². The average Bonchev–Trinajstić information content (AvgIpc) is 2.92. The van der Waals surface area contributed by atoms with Crippen molar-refractivity contribution in [2.45, 2.75) is 31.9 Å². The van der Waals surface area contributed by atoms with Gasteiger partial charge in [0, 0.05) is 44.9 Å². The number of nitrogens with two attached hydrogens (primary N) is 1. The molecule has 2 amide bonds. The van der Waals surface area contributed by atoms with Gasteiger partial charge in [-0.2, -0.15) is 30.2 Å². The number of rotatable bonds is 13. The van der Waals surface area contributed by atoms with E-state index in [9.17, 15) is 36.3 Å². The minimum absolute atomic E-state index is 0.0255. The molecule has 0 aliphatic carbocycles. The number of ether oxygens (including phenoxy) is 3. The zero-order chi connectivity index (χ0) is 31.1. The van der Waals surface area contributed by atoms with E-state index in [0.717, 1.165) is 4.31 Å². The molecule has 1 aliphatic rings. The Balaban J connectivity index is 1.77. The summed E-state index contributed by atoms with van der Waals surface area (Å²) in [7, 11) is -2.91. The maximum Gasteiger partial charge on any atom is 0.422 e. The van der Waals surface area contributed by atoms with Crippen LogP contribution < -0.4 is 15.2 Å². The van der Waals surface area contributed by atoms with Crippen molar-refractivity contribution in [3.8, 4) is 17.4 Å². The first-order valence-electron chi connectivity index (χ1n) is 12.7. The largest absolute Gasteiger partial charge is 0.491 e. The number of carboxylic acid groups (broad SMARTS) is 1. The maximum atomic E-state index is 13.1. The first-order chi connectivity index (χ1) is 19.7. The van der Waals surface area contributed by atoms with Gasteiger partial charge in [0.1, 0.15) is 23.1 Å². The van der Waals surface area contributed by atoms with Crippen LogP contribution in [0.1, 0.15) is 30.4 Å². The van der Waals surface area contributed by atoms with Gasteiger partial charge in [0.05, 0.1) is 12.2 Å². The van der Waals surface area contributed by atoms with E-state index in [-0.39, 0.29) is 63.6 Å². The summed E-state index contributed by atoms with van der Waals surface area (Å²) in [6.45, 7) is -0.0366. The molecule has 1 fully saturated rings. The molecule has 1 aromatic carbocycles. The normalized spacial score (nSPS) is 14.9. The highest BCUT2D eigenvalue weighted by atomic mass is 35.5. The number of pyridine rings is 1. The third-order valence-corrected chi connectivity index (χ3v) is 8.60. The minimum Gasteiger partial charge on any atom is -0.491 e. The number of halogens is 4. The molecular formula is C25H30ClF3N4O8S. The number of carbonyl (C=O) groups is 2. The molecule has 3 rings (SSSR count). The Bertz CT molecular complexity index is 1370. The summed E-state index contributed by atoms with van der Waals surface area (Å²) in [6, 6.07) is 5.30. The molecule has 1 aromatic heterocycles. The van der Waals surface area contributed by atoms with Crippen LogP contribution in [0.3, 0.4) is 0 Å². The maximum absolute atomic E-state index is 13.1. The molecule has 42 heavy (non-hydrogen) atoms. The van der Waals surface area contributed by atoms with Gasteiger partial charge in [-0.3, -0.25) is 4.79 Å². The van der Waals surface area contributed by atoms with E-state index in [2.05, 4.69) is 4.98 Å². The standard InChI is InChI=1S/C25H30ClF3N4O8S/c1-39-11-12-40-19-5-4-16(21(14-19)41-23-20(26)13-18(15-31-23)25(27,28)29)3-2-8-33(24(35)36)42(37,38)32-9-6-17(7-10-32)22(30)34/h4-5,13-15,17H,2-3,6-12H2,1H3,(H2,30,34)(H,35,36). The van der Waals surface area contributed by atoms with Gasteiger partial charge in [0.15, 0.2) is 0 Å². The Kier molecular flexibility index (Phi) is 11.2. The molecule has 1 saturated heterocycles. The van der Waals surface area contributed by atoms with Crippen molar-refractivity contribution in [1.29, 1.82) is 0 Å². The van der Waals surface area contributed by atoms with Gasteiger partial charge in [-0.15, -0.1) is 0 Å². The van der Waals surface area contributed by atoms with E-state index in [4.69, 9.17) is 31.5 Å². The third-order valence-electron chi connectivity index (χ3n) is 6.42. The summed E-state index contributed by atoms with van der Waals surface area (Å²) in [4.78, 5) is 27.0. The highest BCUT2D eigenvalue weighted by molar-refractivity contribution is 7.87. The summed E-state index contributed by atoms with van der Waals surface area (Å²) in [5.74, 6) is -0.889. The number of amides is 2. The molecular weight excluding hydrogens is 609 g/mol. The number of nitrogens with zero attached hydrogens (tertiary/aromatic N) is 3. The summed E-state index contributed by atoms with van der Waals surface area (Å²) in [5, 5.41) is 9.27. The topological polar surface area (TPSA) is 162 Å². The quantitative estimate of drug-likeness (QED) is 0.310. The number of alkyl halides is 3. The van der Waals surface area contributed by atoms with E-state index < -0.39 is 51.4 Å². The number of primary amides is 1. The zero-order valence-electron chi connectivity index (χ0n) is 22.5. The molecule has 0 spiro atoms. The van der Waals surface area contributed by atoms with Crippen LogP contribution in [0.15, 0.2) is 30.5 Å². The van der Waals surface area contributed by atoms with Crippen LogP contribution in [0.5, 0.6) is 17.4 Å². The summed E-state index contributed by atoms with van der Waals surface area (Å²) >= 11 is 6.01. The molecule has 12 nitrogen and oxygen atoms in total. The second-order valence-electron chi connectivity index (χ2n) is 9.26. The van der Waals surface area contributed by atoms with Crippen molar-refractivity contribution in [3.63, 3.8) is 0 Å². The summed E-state index contributed by atoms with van der Waals surface area (Å²) < 4.78 is 82.8. The summed E-state index contributed by atoms with van der Waals surface area (Å²) in [5.41, 5.74) is 4.68. The number of piperidine rings is 1. The molecule has 2 aromatic rings. The molecule has 0 saturated carbocycles. The van der Waals surface area contributed by atoms with Crippen molar-refractivity contribution in [3.05, 3.63) is 46.6 Å². The molecule has 0 radical (unpaired) electrons. The van der Waals surface area contributed by atoms with Gasteiger partial charge < -0.3 is 25.1 Å². The van der Waals surface area contributed by atoms with Gasteiger partial charge >= 0.3 is 22.5 Å². The zero-order valence-corrected chi connectivity index (χ0v) is 24.0. The van der Waals surface area contributed by atoms with Crippen LogP contribution in [0.4, 0.5) is 18.0 Å². The van der Waals surface area contributed by atoms with Crippen molar-refractivity contribution < 1.29 is 50.5 Å². The number of hydrogen-bond acceptors (Lipinski definition) is 8. The van der Waals surface area contributed by atoms with E-state index in [0.29, 0.717) is 27.9 Å². The first kappa shape index (κ1) is 33.2. The highest BCUT2D eigenvalue weighted by Crippen LogP contribution is 2.36. The second kappa shape index (κ2) is 14.2. The Morgan fingerprint density at radius 2 is 1.90 bits per heavy atom. The Morgan fingerprint density at radius 3 is 2.48 bits per heavy atom. The molecule has 0 bridgehead atoms. The lowest BCUT2D eigenvalue weighted by atomic mass is 9.98. The molecule has 2 heterocycles. The predicted molar refractivity (Wildman–Crippen MR) is 144 cm³/mol. The van der Waals surface area contributed by atoms with Gasteiger partial charge in [-0.05, 0) is 43.4 Å². The first-order valence-corrected chi connectivity index (χ1v) is 14.5. The van der Waals surface area contributed by atoms with Gasteiger partial charge in [-0.25, -0.2) is 9.78 Å². The van der Waals surface area contributed by atoms with Crippen molar-refractivity contribution in [2.75, 3.05) is 40.0 Å². The number of aromatic nitrogens is 1. The fourth-order valence-electron chi connectivity index (χ4n) is 4.16. The average molecular weight is 639 g/mol. The lowest BCUT2D eigenvalue weighted by molar-refractivity contribution is -0.137. The number of aryl methyl sites for hydroxylation is 1. The predicted octanol–water partition coefficient (Wildman–Crippen LogP) is 3.93. The van der Waals surface area contributed by atoms with Crippen LogP contribution in [0, 0.1) is 5.92 Å². The van der Waals surface area contributed by atoms with Crippen molar-refractivity contribution >= 4 is 33.8 Å². The number of benzene rings is 1. The van der Waals surface area contributed by atoms with Crippen LogP contribution >= 0.6 is 11.6 Å². The number of carbonyl (C=O) groups excluding carboxylic acids is 1. The van der Waals surface area contributed by atoms with Crippen LogP contribution in [-0.4, -0.2) is 79.1 Å².